The quantitative estimate of drug-likeness (QED) is 0.773. The first-order valence-corrected chi connectivity index (χ1v) is 6.31. The van der Waals surface area contributed by atoms with Crippen LogP contribution in [0.3, 0.4) is 0 Å². The number of nitrogens with zero attached hydrogens (tertiary/aromatic N) is 3. The van der Waals surface area contributed by atoms with Crippen LogP contribution in [0.4, 0.5) is 0 Å². The lowest BCUT2D eigenvalue weighted by Gasteiger charge is -2.09. The molecular formula is C14H17N3O2. The fourth-order valence-corrected chi connectivity index (χ4v) is 1.55. The normalized spacial score (nSPS) is 12.1. The Morgan fingerprint density at radius 2 is 2.11 bits per heavy atom. The maximum Gasteiger partial charge on any atom is 0.308 e. The summed E-state index contributed by atoms with van der Waals surface area (Å²) in [6.07, 6.45) is 3.92. The van der Waals surface area contributed by atoms with E-state index < -0.39 is 0 Å². The minimum atomic E-state index is -0.150. The molecule has 0 aliphatic carbocycles. The maximum atomic E-state index is 11.6. The zero-order chi connectivity index (χ0) is 13.7. The van der Waals surface area contributed by atoms with Gasteiger partial charge in [0.2, 0.25) is 0 Å². The molecule has 1 aromatic heterocycles. The van der Waals surface area contributed by atoms with Gasteiger partial charge in [0.05, 0.1) is 11.6 Å². The average molecular weight is 259 g/mol. The third-order valence-corrected chi connectivity index (χ3v) is 3.02. The Morgan fingerprint density at radius 3 is 2.68 bits per heavy atom. The van der Waals surface area contributed by atoms with E-state index in [-0.39, 0.29) is 11.9 Å². The molecule has 5 nitrogen and oxygen atoms in total. The van der Waals surface area contributed by atoms with Crippen molar-refractivity contribution in [3.8, 4) is 5.69 Å². The van der Waals surface area contributed by atoms with Crippen molar-refractivity contribution in [2.75, 3.05) is 0 Å². The summed E-state index contributed by atoms with van der Waals surface area (Å²) in [5.74, 6) is -0.197. The second kappa shape index (κ2) is 6.13. The standard InChI is InChI=1S/C14H17N3O2/c1-3-11(2)14(18)19-8-12-4-6-13(7-5-12)17-10-15-9-16-17/h4-7,9-11H,3,8H2,1-2H3. The first kappa shape index (κ1) is 13.3. The van der Waals surface area contributed by atoms with Gasteiger partial charge in [-0.05, 0) is 24.1 Å². The van der Waals surface area contributed by atoms with Gasteiger partial charge in [0.1, 0.15) is 19.3 Å². The summed E-state index contributed by atoms with van der Waals surface area (Å²) in [4.78, 5) is 15.4. The molecule has 1 heterocycles. The van der Waals surface area contributed by atoms with Gasteiger partial charge < -0.3 is 4.74 Å². The third kappa shape index (κ3) is 3.40. The van der Waals surface area contributed by atoms with Crippen LogP contribution in [0.25, 0.3) is 5.69 Å². The molecule has 0 saturated heterocycles. The molecule has 0 saturated carbocycles. The minimum absolute atomic E-state index is 0.0468. The molecule has 2 rings (SSSR count). The smallest absolute Gasteiger partial charge is 0.308 e. The monoisotopic (exact) mass is 259 g/mol. The number of hydrogen-bond donors (Lipinski definition) is 0. The highest BCUT2D eigenvalue weighted by Crippen LogP contribution is 2.11. The molecule has 1 unspecified atom stereocenters. The number of carbonyl (C=O) groups excluding carboxylic acids is 1. The Labute approximate surface area is 112 Å². The van der Waals surface area contributed by atoms with Gasteiger partial charge in [-0.25, -0.2) is 9.67 Å². The summed E-state index contributed by atoms with van der Waals surface area (Å²) in [7, 11) is 0. The molecule has 0 N–H and O–H groups in total. The zero-order valence-electron chi connectivity index (χ0n) is 11.1. The summed E-state index contributed by atoms with van der Waals surface area (Å²) in [6.45, 7) is 4.15. The summed E-state index contributed by atoms with van der Waals surface area (Å²) in [5.41, 5.74) is 1.88. The number of rotatable bonds is 5. The van der Waals surface area contributed by atoms with E-state index in [1.807, 2.05) is 38.1 Å². The van der Waals surface area contributed by atoms with Crippen molar-refractivity contribution in [2.24, 2.45) is 5.92 Å². The highest BCUT2D eigenvalue weighted by molar-refractivity contribution is 5.71. The van der Waals surface area contributed by atoms with Gasteiger partial charge in [-0.3, -0.25) is 4.79 Å². The van der Waals surface area contributed by atoms with Gasteiger partial charge in [0.15, 0.2) is 0 Å². The number of esters is 1. The fourth-order valence-electron chi connectivity index (χ4n) is 1.55. The Kier molecular flexibility index (Phi) is 4.28. The van der Waals surface area contributed by atoms with Crippen molar-refractivity contribution in [1.29, 1.82) is 0 Å². The summed E-state index contributed by atoms with van der Waals surface area (Å²) in [5, 5.41) is 4.04. The predicted molar refractivity (Wildman–Crippen MR) is 70.6 cm³/mol. The van der Waals surface area contributed by atoms with Gasteiger partial charge in [-0.15, -0.1) is 0 Å². The summed E-state index contributed by atoms with van der Waals surface area (Å²) < 4.78 is 6.91. The summed E-state index contributed by atoms with van der Waals surface area (Å²) >= 11 is 0. The molecule has 0 radical (unpaired) electrons. The maximum absolute atomic E-state index is 11.6. The molecule has 0 bridgehead atoms. The molecule has 5 heteroatoms. The lowest BCUT2D eigenvalue weighted by atomic mass is 10.1. The second-order valence-electron chi connectivity index (χ2n) is 4.42. The van der Waals surface area contributed by atoms with Crippen molar-refractivity contribution in [2.45, 2.75) is 26.9 Å². The van der Waals surface area contributed by atoms with Crippen LogP contribution >= 0.6 is 0 Å². The Balaban J connectivity index is 1.94. The van der Waals surface area contributed by atoms with Gasteiger partial charge in [-0.1, -0.05) is 26.0 Å². The van der Waals surface area contributed by atoms with E-state index in [1.165, 1.54) is 6.33 Å². The zero-order valence-corrected chi connectivity index (χ0v) is 11.1. The molecule has 0 amide bonds. The van der Waals surface area contributed by atoms with Crippen LogP contribution in [-0.2, 0) is 16.1 Å². The van der Waals surface area contributed by atoms with E-state index in [4.69, 9.17) is 4.74 Å². The van der Waals surface area contributed by atoms with Crippen LogP contribution in [0.1, 0.15) is 25.8 Å². The van der Waals surface area contributed by atoms with Crippen molar-refractivity contribution in [3.05, 3.63) is 42.5 Å². The molecule has 0 aliphatic rings. The van der Waals surface area contributed by atoms with Gasteiger partial charge in [-0.2, -0.15) is 5.10 Å². The second-order valence-corrected chi connectivity index (χ2v) is 4.42. The number of carbonyl (C=O) groups is 1. The van der Waals surface area contributed by atoms with Crippen molar-refractivity contribution in [1.82, 2.24) is 14.8 Å². The first-order chi connectivity index (χ1) is 9.20. The average Bonchev–Trinajstić information content (AvgIpc) is 2.98. The van der Waals surface area contributed by atoms with E-state index in [0.717, 1.165) is 17.7 Å². The number of hydrogen-bond acceptors (Lipinski definition) is 4. The Morgan fingerprint density at radius 1 is 1.37 bits per heavy atom. The van der Waals surface area contributed by atoms with Crippen LogP contribution in [0.15, 0.2) is 36.9 Å². The van der Waals surface area contributed by atoms with Crippen LogP contribution in [0.5, 0.6) is 0 Å². The SMILES string of the molecule is CCC(C)C(=O)OCc1ccc(-n2cncn2)cc1. The van der Waals surface area contributed by atoms with E-state index in [1.54, 1.807) is 11.0 Å². The van der Waals surface area contributed by atoms with Crippen molar-refractivity contribution in [3.63, 3.8) is 0 Å². The van der Waals surface area contributed by atoms with Gasteiger partial charge in [0, 0.05) is 0 Å². The number of benzene rings is 1. The van der Waals surface area contributed by atoms with Gasteiger partial charge in [0.25, 0.3) is 0 Å². The summed E-state index contributed by atoms with van der Waals surface area (Å²) in [6, 6.07) is 7.67. The predicted octanol–water partition coefficient (Wildman–Crippen LogP) is 2.36. The molecule has 19 heavy (non-hydrogen) atoms. The molecule has 100 valence electrons. The molecule has 0 aliphatic heterocycles. The fraction of sp³-hybridized carbons (Fsp3) is 0.357. The van der Waals surface area contributed by atoms with Crippen LogP contribution in [-0.4, -0.2) is 20.7 Å². The topological polar surface area (TPSA) is 57.0 Å². The largest absolute Gasteiger partial charge is 0.461 e. The van der Waals surface area contributed by atoms with E-state index in [2.05, 4.69) is 10.1 Å². The van der Waals surface area contributed by atoms with Crippen molar-refractivity contribution < 1.29 is 9.53 Å². The van der Waals surface area contributed by atoms with Gasteiger partial charge >= 0.3 is 5.97 Å². The van der Waals surface area contributed by atoms with E-state index in [0.29, 0.717) is 6.61 Å². The first-order valence-electron chi connectivity index (χ1n) is 6.31. The lowest BCUT2D eigenvalue weighted by Crippen LogP contribution is -2.13. The third-order valence-electron chi connectivity index (χ3n) is 3.02. The molecule has 0 fully saturated rings. The lowest BCUT2D eigenvalue weighted by molar-refractivity contribution is -0.149. The Bertz CT molecular complexity index is 520. The van der Waals surface area contributed by atoms with Crippen LogP contribution in [0, 0.1) is 5.92 Å². The molecule has 1 atom stereocenters. The number of aromatic nitrogens is 3. The number of ether oxygens (including phenoxy) is 1. The minimum Gasteiger partial charge on any atom is -0.461 e. The van der Waals surface area contributed by atoms with Crippen LogP contribution in [0.2, 0.25) is 0 Å². The van der Waals surface area contributed by atoms with E-state index >= 15 is 0 Å². The molecule has 2 aromatic rings. The molecule has 1 aromatic carbocycles. The van der Waals surface area contributed by atoms with Crippen LogP contribution < -0.4 is 0 Å². The highest BCUT2D eigenvalue weighted by atomic mass is 16.5. The highest BCUT2D eigenvalue weighted by Gasteiger charge is 2.11. The van der Waals surface area contributed by atoms with E-state index in [9.17, 15) is 4.79 Å². The molecular weight excluding hydrogens is 242 g/mol. The molecule has 0 spiro atoms. The Hall–Kier alpha value is -2.17. The van der Waals surface area contributed by atoms with Crippen molar-refractivity contribution >= 4 is 5.97 Å².